The lowest BCUT2D eigenvalue weighted by Gasteiger charge is -2.16. The average molecular weight is 445 g/mol. The van der Waals surface area contributed by atoms with Crippen LogP contribution in [0.3, 0.4) is 0 Å². The van der Waals surface area contributed by atoms with Gasteiger partial charge in [-0.3, -0.25) is 4.79 Å². The smallest absolute Gasteiger partial charge is 0.310 e. The summed E-state index contributed by atoms with van der Waals surface area (Å²) < 4.78 is 0. The van der Waals surface area contributed by atoms with Crippen LogP contribution in [0.1, 0.15) is 152 Å². The van der Waals surface area contributed by atoms with Crippen LogP contribution in [0.25, 0.3) is 0 Å². The standard InChI is InChI=1S/C30H52O2/c1-4-5-6-7-8-9-10-11-12-13-14-15-16-17-18-19-20-21-24-29(30(31)32)28-25-22-23-26(2)27(28)3/h22-23,25,29H,4-21,24H2,1-3H3,(H,31,32). The van der Waals surface area contributed by atoms with Crippen LogP contribution in [0.5, 0.6) is 0 Å². The molecular formula is C30H52O2. The summed E-state index contributed by atoms with van der Waals surface area (Å²) in [4.78, 5) is 11.8. The molecule has 0 bridgehead atoms. The zero-order valence-corrected chi connectivity index (χ0v) is 21.6. The molecule has 1 aromatic carbocycles. The second-order valence-corrected chi connectivity index (χ2v) is 9.98. The quantitative estimate of drug-likeness (QED) is 0.191. The average Bonchev–Trinajstić information content (AvgIpc) is 2.77. The van der Waals surface area contributed by atoms with E-state index in [1.54, 1.807) is 0 Å². The first-order valence-electron chi connectivity index (χ1n) is 13.9. The van der Waals surface area contributed by atoms with Crippen LogP contribution in [0.4, 0.5) is 0 Å². The summed E-state index contributed by atoms with van der Waals surface area (Å²) in [6, 6.07) is 6.05. The Labute approximate surface area is 199 Å². The van der Waals surface area contributed by atoms with Gasteiger partial charge < -0.3 is 5.11 Å². The number of carbonyl (C=O) groups is 1. The van der Waals surface area contributed by atoms with Crippen LogP contribution in [-0.2, 0) is 4.79 Å². The number of aliphatic carboxylic acids is 1. The maximum absolute atomic E-state index is 11.8. The zero-order valence-electron chi connectivity index (χ0n) is 21.6. The summed E-state index contributed by atoms with van der Waals surface area (Å²) in [5.74, 6) is -1.03. The van der Waals surface area contributed by atoms with Crippen LogP contribution >= 0.6 is 0 Å². The first kappa shape index (κ1) is 28.7. The Hall–Kier alpha value is -1.31. The van der Waals surface area contributed by atoms with Crippen molar-refractivity contribution in [2.45, 2.75) is 149 Å². The van der Waals surface area contributed by atoms with Gasteiger partial charge in [0.25, 0.3) is 0 Å². The lowest BCUT2D eigenvalue weighted by atomic mass is 9.88. The van der Waals surface area contributed by atoms with Crippen molar-refractivity contribution >= 4 is 5.97 Å². The zero-order chi connectivity index (χ0) is 23.4. The molecule has 1 unspecified atom stereocenters. The summed E-state index contributed by atoms with van der Waals surface area (Å²) in [5.41, 5.74) is 3.33. The first-order valence-corrected chi connectivity index (χ1v) is 13.9. The van der Waals surface area contributed by atoms with Gasteiger partial charge >= 0.3 is 5.97 Å². The molecule has 184 valence electrons. The monoisotopic (exact) mass is 444 g/mol. The van der Waals surface area contributed by atoms with E-state index in [4.69, 9.17) is 0 Å². The highest BCUT2D eigenvalue weighted by Gasteiger charge is 2.21. The SMILES string of the molecule is CCCCCCCCCCCCCCCCCCCCC(C(=O)O)c1cccc(C)c1C. The third-order valence-electron chi connectivity index (χ3n) is 7.17. The van der Waals surface area contributed by atoms with E-state index in [0.717, 1.165) is 30.4 Å². The molecule has 0 aliphatic carbocycles. The maximum Gasteiger partial charge on any atom is 0.310 e. The number of rotatable bonds is 21. The summed E-state index contributed by atoms with van der Waals surface area (Å²) >= 11 is 0. The van der Waals surface area contributed by atoms with Crippen molar-refractivity contribution in [2.75, 3.05) is 0 Å². The molecule has 2 nitrogen and oxygen atoms in total. The molecule has 0 aliphatic rings. The fourth-order valence-electron chi connectivity index (χ4n) is 4.81. The van der Waals surface area contributed by atoms with Gasteiger partial charge in [-0.25, -0.2) is 0 Å². The number of aryl methyl sites for hydroxylation is 1. The molecule has 0 aromatic heterocycles. The Morgan fingerprint density at radius 3 is 1.50 bits per heavy atom. The molecule has 1 N–H and O–H groups in total. The fourth-order valence-corrected chi connectivity index (χ4v) is 4.81. The molecule has 1 atom stereocenters. The first-order chi connectivity index (χ1) is 15.6. The topological polar surface area (TPSA) is 37.3 Å². The number of benzene rings is 1. The predicted molar refractivity (Wildman–Crippen MR) is 140 cm³/mol. The Kier molecular flexibility index (Phi) is 17.2. The lowest BCUT2D eigenvalue weighted by molar-refractivity contribution is -0.139. The van der Waals surface area contributed by atoms with Gasteiger partial charge in [0.1, 0.15) is 0 Å². The van der Waals surface area contributed by atoms with Crippen molar-refractivity contribution in [1.29, 1.82) is 0 Å². The number of hydrogen-bond donors (Lipinski definition) is 1. The van der Waals surface area contributed by atoms with Crippen LogP contribution in [0.15, 0.2) is 18.2 Å². The van der Waals surface area contributed by atoms with Crippen molar-refractivity contribution < 1.29 is 9.90 Å². The highest BCUT2D eigenvalue weighted by Crippen LogP contribution is 2.27. The molecule has 0 spiro atoms. The van der Waals surface area contributed by atoms with Crippen LogP contribution in [-0.4, -0.2) is 11.1 Å². The highest BCUT2D eigenvalue weighted by atomic mass is 16.4. The third kappa shape index (κ3) is 13.3. The van der Waals surface area contributed by atoms with Gasteiger partial charge in [0.05, 0.1) is 5.92 Å². The largest absolute Gasteiger partial charge is 0.481 e. The molecular weight excluding hydrogens is 392 g/mol. The highest BCUT2D eigenvalue weighted by molar-refractivity contribution is 5.76. The van der Waals surface area contributed by atoms with Gasteiger partial charge in [-0.15, -0.1) is 0 Å². The third-order valence-corrected chi connectivity index (χ3v) is 7.17. The number of carboxylic acid groups (broad SMARTS) is 1. The molecule has 0 amide bonds. The van der Waals surface area contributed by atoms with Crippen molar-refractivity contribution in [3.05, 3.63) is 34.9 Å². The molecule has 0 saturated heterocycles. The van der Waals surface area contributed by atoms with E-state index in [1.807, 2.05) is 12.1 Å². The molecule has 32 heavy (non-hydrogen) atoms. The van der Waals surface area contributed by atoms with Crippen LogP contribution in [0, 0.1) is 13.8 Å². The summed E-state index contributed by atoms with van der Waals surface area (Å²) in [5, 5.41) is 9.69. The molecule has 0 radical (unpaired) electrons. The predicted octanol–water partition coefficient (Wildman–Crippen LogP) is 9.90. The number of carboxylic acids is 1. The molecule has 0 fully saturated rings. The van der Waals surface area contributed by atoms with E-state index in [-0.39, 0.29) is 5.92 Å². The maximum atomic E-state index is 11.8. The molecule has 1 aromatic rings. The minimum absolute atomic E-state index is 0.351. The van der Waals surface area contributed by atoms with E-state index in [2.05, 4.69) is 26.8 Å². The second-order valence-electron chi connectivity index (χ2n) is 9.98. The summed E-state index contributed by atoms with van der Waals surface area (Å²) in [6.45, 7) is 6.40. The molecule has 0 aliphatic heterocycles. The Morgan fingerprint density at radius 1 is 0.688 bits per heavy atom. The van der Waals surface area contributed by atoms with Crippen molar-refractivity contribution in [2.24, 2.45) is 0 Å². The van der Waals surface area contributed by atoms with Gasteiger partial charge in [0.15, 0.2) is 0 Å². The van der Waals surface area contributed by atoms with E-state index in [1.165, 1.54) is 108 Å². The van der Waals surface area contributed by atoms with Crippen LogP contribution < -0.4 is 0 Å². The van der Waals surface area contributed by atoms with E-state index < -0.39 is 5.97 Å². The molecule has 0 saturated carbocycles. The summed E-state index contributed by atoms with van der Waals surface area (Å²) in [7, 11) is 0. The normalized spacial score (nSPS) is 12.2. The van der Waals surface area contributed by atoms with E-state index in [9.17, 15) is 9.90 Å². The van der Waals surface area contributed by atoms with Crippen molar-refractivity contribution in [3.63, 3.8) is 0 Å². The second kappa shape index (κ2) is 19.2. The van der Waals surface area contributed by atoms with Gasteiger partial charge in [0.2, 0.25) is 0 Å². The van der Waals surface area contributed by atoms with Gasteiger partial charge in [-0.1, -0.05) is 141 Å². The minimum Gasteiger partial charge on any atom is -0.481 e. The summed E-state index contributed by atoms with van der Waals surface area (Å²) in [6.07, 6.45) is 25.3. The minimum atomic E-state index is -0.675. The van der Waals surface area contributed by atoms with E-state index in [0.29, 0.717) is 0 Å². The molecule has 2 heteroatoms. The van der Waals surface area contributed by atoms with Gasteiger partial charge in [0, 0.05) is 0 Å². The Morgan fingerprint density at radius 2 is 1.09 bits per heavy atom. The Balaban J connectivity index is 1.94. The van der Waals surface area contributed by atoms with Crippen LogP contribution in [0.2, 0.25) is 0 Å². The molecule has 1 rings (SSSR count). The van der Waals surface area contributed by atoms with Crippen molar-refractivity contribution in [3.8, 4) is 0 Å². The fraction of sp³-hybridized carbons (Fsp3) is 0.767. The van der Waals surface area contributed by atoms with Gasteiger partial charge in [-0.2, -0.15) is 0 Å². The number of hydrogen-bond acceptors (Lipinski definition) is 1. The van der Waals surface area contributed by atoms with E-state index >= 15 is 0 Å². The van der Waals surface area contributed by atoms with Gasteiger partial charge in [-0.05, 0) is 37.0 Å². The lowest BCUT2D eigenvalue weighted by Crippen LogP contribution is -2.13. The Bertz CT molecular complexity index is 592. The molecule has 0 heterocycles. The number of unbranched alkanes of at least 4 members (excludes halogenated alkanes) is 17. The van der Waals surface area contributed by atoms with Crippen molar-refractivity contribution in [1.82, 2.24) is 0 Å².